The van der Waals surface area contributed by atoms with E-state index in [2.05, 4.69) is 18.7 Å². The summed E-state index contributed by atoms with van der Waals surface area (Å²) in [5.74, 6) is 0.132. The van der Waals surface area contributed by atoms with Gasteiger partial charge in [-0.2, -0.15) is 0 Å². The van der Waals surface area contributed by atoms with Gasteiger partial charge in [0.25, 0.3) is 0 Å². The van der Waals surface area contributed by atoms with E-state index in [4.69, 9.17) is 40.5 Å². The summed E-state index contributed by atoms with van der Waals surface area (Å²) in [6, 6.07) is 8.23. The van der Waals surface area contributed by atoms with E-state index in [9.17, 15) is 9.18 Å². The third kappa shape index (κ3) is 5.97. The molecule has 0 aromatic heterocycles. The Morgan fingerprint density at radius 3 is 2.61 bits per heavy atom. The minimum atomic E-state index is -0.520. The van der Waals surface area contributed by atoms with Crippen LogP contribution in [0.5, 0.6) is 0 Å². The first-order valence-corrected chi connectivity index (χ1v) is 11.5. The average Bonchev–Trinajstić information content (AvgIpc) is 3.20. The number of carbonyl (C=O) groups is 1. The van der Waals surface area contributed by atoms with Crippen LogP contribution in [0.25, 0.3) is 0 Å². The summed E-state index contributed by atoms with van der Waals surface area (Å²) in [5, 5.41) is 0.818. The third-order valence-electron chi connectivity index (χ3n) is 5.64. The van der Waals surface area contributed by atoms with Crippen LogP contribution in [-0.4, -0.2) is 29.9 Å². The fraction of sp³-hybridized carbons (Fsp3) is 0.435. The van der Waals surface area contributed by atoms with Crippen molar-refractivity contribution in [2.45, 2.75) is 45.7 Å². The van der Waals surface area contributed by atoms with E-state index in [1.165, 1.54) is 12.1 Å². The van der Waals surface area contributed by atoms with Gasteiger partial charge in [0, 0.05) is 42.8 Å². The van der Waals surface area contributed by atoms with E-state index in [1.54, 1.807) is 12.1 Å². The van der Waals surface area contributed by atoms with Crippen LogP contribution >= 0.6 is 34.8 Å². The fourth-order valence-electron chi connectivity index (χ4n) is 3.79. The molecular weight excluding hydrogens is 460 g/mol. The van der Waals surface area contributed by atoms with Crippen LogP contribution in [-0.2, 0) is 11.3 Å². The van der Waals surface area contributed by atoms with E-state index in [0.717, 1.165) is 18.5 Å². The largest absolute Gasteiger partial charge is 0.398 e. The van der Waals surface area contributed by atoms with Crippen LogP contribution < -0.4 is 10.6 Å². The third-order valence-corrected chi connectivity index (χ3v) is 6.61. The molecule has 0 aliphatic carbocycles. The Morgan fingerprint density at radius 1 is 1.19 bits per heavy atom. The summed E-state index contributed by atoms with van der Waals surface area (Å²) in [7, 11) is 0. The van der Waals surface area contributed by atoms with Crippen LogP contribution in [0.15, 0.2) is 30.3 Å². The average molecular weight is 487 g/mol. The number of benzene rings is 2. The summed E-state index contributed by atoms with van der Waals surface area (Å²) in [5.41, 5.74) is 7.82. The molecule has 2 N–H and O–H groups in total. The van der Waals surface area contributed by atoms with Gasteiger partial charge in [-0.05, 0) is 54.7 Å². The standard InChI is InChI=1S/C23H27Cl3FN3O/c1-14(2)3-6-23(31)29-8-7-17(13-29)30(16-4-5-22(28)20(26)10-16)12-15-9-21(27)19(25)11-18(15)24/h4-5,9-11,14,17H,3,6-8,12-13,28H2,1-2H3/t17-/m0/s1. The van der Waals surface area contributed by atoms with Crippen LogP contribution in [0.2, 0.25) is 15.1 Å². The van der Waals surface area contributed by atoms with Gasteiger partial charge in [-0.15, -0.1) is 0 Å². The Hall–Kier alpha value is -1.69. The highest BCUT2D eigenvalue weighted by Gasteiger charge is 2.31. The Kier molecular flexibility index (Phi) is 7.95. The van der Waals surface area contributed by atoms with Crippen molar-refractivity contribution in [3.05, 3.63) is 56.8 Å². The topological polar surface area (TPSA) is 49.6 Å². The molecule has 31 heavy (non-hydrogen) atoms. The summed E-state index contributed by atoms with van der Waals surface area (Å²) in [6.45, 7) is 5.85. The van der Waals surface area contributed by atoms with Crippen molar-refractivity contribution >= 4 is 52.1 Å². The predicted molar refractivity (Wildman–Crippen MR) is 128 cm³/mol. The molecule has 1 saturated heterocycles. The Bertz CT molecular complexity index is 954. The van der Waals surface area contributed by atoms with Crippen LogP contribution in [0.3, 0.4) is 0 Å². The molecule has 1 atom stereocenters. The number of rotatable bonds is 7. The summed E-state index contributed by atoms with van der Waals surface area (Å²) < 4.78 is 14.1. The zero-order valence-electron chi connectivity index (χ0n) is 17.7. The quantitative estimate of drug-likeness (QED) is 0.363. The molecule has 2 aromatic carbocycles. The SMILES string of the molecule is CC(C)CCC(=O)N1CC[C@H](N(Cc2cc(F)c(Cl)cc2Cl)c2ccc(N)c(Cl)c2)C1. The van der Waals surface area contributed by atoms with E-state index in [1.807, 2.05) is 11.0 Å². The smallest absolute Gasteiger partial charge is 0.222 e. The molecule has 1 amide bonds. The minimum absolute atomic E-state index is 0.0152. The Morgan fingerprint density at radius 2 is 1.94 bits per heavy atom. The summed E-state index contributed by atoms with van der Waals surface area (Å²) in [4.78, 5) is 16.6. The summed E-state index contributed by atoms with van der Waals surface area (Å²) in [6.07, 6.45) is 2.21. The van der Waals surface area contributed by atoms with Crippen molar-refractivity contribution in [1.82, 2.24) is 4.90 Å². The molecule has 0 spiro atoms. The van der Waals surface area contributed by atoms with Crippen LogP contribution in [0.4, 0.5) is 15.8 Å². The second-order valence-corrected chi connectivity index (χ2v) is 9.63. The van der Waals surface area contributed by atoms with Gasteiger partial charge in [0.15, 0.2) is 0 Å². The first-order chi connectivity index (χ1) is 14.7. The second-order valence-electron chi connectivity index (χ2n) is 8.41. The molecule has 1 heterocycles. The summed E-state index contributed by atoms with van der Waals surface area (Å²) >= 11 is 18.5. The Labute approximate surface area is 198 Å². The lowest BCUT2D eigenvalue weighted by molar-refractivity contribution is -0.130. The zero-order chi connectivity index (χ0) is 22.7. The lowest BCUT2D eigenvalue weighted by atomic mass is 10.1. The van der Waals surface area contributed by atoms with E-state index >= 15 is 0 Å². The van der Waals surface area contributed by atoms with Crippen molar-refractivity contribution < 1.29 is 9.18 Å². The van der Waals surface area contributed by atoms with Gasteiger partial charge >= 0.3 is 0 Å². The molecule has 1 aliphatic rings. The second kappa shape index (κ2) is 10.3. The molecule has 0 saturated carbocycles. The molecule has 0 bridgehead atoms. The van der Waals surface area contributed by atoms with Gasteiger partial charge in [-0.25, -0.2) is 4.39 Å². The predicted octanol–water partition coefficient (Wildman–Crippen LogP) is 6.41. The molecule has 168 valence electrons. The number of anilines is 2. The molecule has 0 unspecified atom stereocenters. The molecule has 1 aliphatic heterocycles. The number of hydrogen-bond donors (Lipinski definition) is 1. The zero-order valence-corrected chi connectivity index (χ0v) is 19.9. The van der Waals surface area contributed by atoms with Crippen molar-refractivity contribution in [3.8, 4) is 0 Å². The number of hydrogen-bond acceptors (Lipinski definition) is 3. The molecule has 0 radical (unpaired) electrons. The van der Waals surface area contributed by atoms with Gasteiger partial charge in [0.1, 0.15) is 5.82 Å². The number of nitrogens with two attached hydrogens (primary N) is 1. The van der Waals surface area contributed by atoms with E-state index in [-0.39, 0.29) is 17.0 Å². The molecule has 4 nitrogen and oxygen atoms in total. The maximum absolute atomic E-state index is 14.1. The molecule has 1 fully saturated rings. The number of likely N-dealkylation sites (tertiary alicyclic amines) is 1. The lowest BCUT2D eigenvalue weighted by Crippen LogP contribution is -2.38. The first-order valence-electron chi connectivity index (χ1n) is 10.4. The number of amides is 1. The van der Waals surface area contributed by atoms with Gasteiger partial charge < -0.3 is 15.5 Å². The van der Waals surface area contributed by atoms with E-state index < -0.39 is 5.82 Å². The van der Waals surface area contributed by atoms with Crippen molar-refractivity contribution in [1.29, 1.82) is 0 Å². The minimum Gasteiger partial charge on any atom is -0.398 e. The molecular formula is C23H27Cl3FN3O. The Balaban J connectivity index is 1.86. The van der Waals surface area contributed by atoms with Crippen molar-refractivity contribution in [2.24, 2.45) is 5.92 Å². The number of carbonyl (C=O) groups excluding carboxylic acids is 1. The van der Waals surface area contributed by atoms with Crippen molar-refractivity contribution in [2.75, 3.05) is 23.7 Å². The normalized spacial score (nSPS) is 16.2. The van der Waals surface area contributed by atoms with Gasteiger partial charge in [0.2, 0.25) is 5.91 Å². The lowest BCUT2D eigenvalue weighted by Gasteiger charge is -2.32. The first kappa shape index (κ1) is 24.0. The highest BCUT2D eigenvalue weighted by molar-refractivity contribution is 6.35. The maximum atomic E-state index is 14.1. The monoisotopic (exact) mass is 485 g/mol. The number of nitrogen functional groups attached to an aromatic ring is 1. The maximum Gasteiger partial charge on any atom is 0.222 e. The van der Waals surface area contributed by atoms with Gasteiger partial charge in [0.05, 0.1) is 15.7 Å². The number of halogens is 4. The van der Waals surface area contributed by atoms with Gasteiger partial charge in [-0.3, -0.25) is 4.79 Å². The number of nitrogens with zero attached hydrogens (tertiary/aromatic N) is 2. The van der Waals surface area contributed by atoms with Crippen molar-refractivity contribution in [3.63, 3.8) is 0 Å². The van der Waals surface area contributed by atoms with E-state index in [0.29, 0.717) is 53.3 Å². The molecule has 8 heteroatoms. The highest BCUT2D eigenvalue weighted by Crippen LogP contribution is 2.33. The fourth-order valence-corrected chi connectivity index (χ4v) is 4.41. The van der Waals surface area contributed by atoms with Crippen LogP contribution in [0, 0.1) is 11.7 Å². The highest BCUT2D eigenvalue weighted by atomic mass is 35.5. The van der Waals surface area contributed by atoms with Crippen LogP contribution in [0.1, 0.15) is 38.7 Å². The van der Waals surface area contributed by atoms with Gasteiger partial charge in [-0.1, -0.05) is 48.7 Å². The molecule has 2 aromatic rings. The molecule has 3 rings (SSSR count).